The van der Waals surface area contributed by atoms with Crippen LogP contribution in [0.1, 0.15) is 16.7 Å². The highest BCUT2D eigenvalue weighted by molar-refractivity contribution is 7.90. The number of hydrogen-bond donors (Lipinski definition) is 0. The lowest BCUT2D eigenvalue weighted by molar-refractivity contribution is 0.524. The van der Waals surface area contributed by atoms with E-state index in [1.807, 2.05) is 19.9 Å². The van der Waals surface area contributed by atoms with E-state index in [9.17, 15) is 17.6 Å². The van der Waals surface area contributed by atoms with Crippen molar-refractivity contribution in [3.63, 3.8) is 0 Å². The van der Waals surface area contributed by atoms with E-state index in [4.69, 9.17) is 4.42 Å². The molecule has 0 fully saturated rings. The van der Waals surface area contributed by atoms with E-state index in [1.54, 1.807) is 12.1 Å². The second-order valence-corrected chi connectivity index (χ2v) is 7.89. The van der Waals surface area contributed by atoms with E-state index < -0.39 is 26.3 Å². The first-order valence-electron chi connectivity index (χ1n) is 7.26. The lowest BCUT2D eigenvalue weighted by atomic mass is 10.1. The van der Waals surface area contributed by atoms with Crippen LogP contribution >= 0.6 is 0 Å². The third kappa shape index (κ3) is 2.87. The summed E-state index contributed by atoms with van der Waals surface area (Å²) in [6.45, 7) is 3.74. The van der Waals surface area contributed by atoms with Gasteiger partial charge in [0.25, 0.3) is 0 Å². The molecule has 0 aliphatic heterocycles. The normalized spacial score (nSPS) is 12.0. The lowest BCUT2D eigenvalue weighted by Crippen LogP contribution is -2.10. The van der Waals surface area contributed by atoms with Gasteiger partial charge in [0.15, 0.2) is 15.4 Å². The van der Waals surface area contributed by atoms with E-state index in [1.165, 1.54) is 7.05 Å². The average molecular weight is 349 g/mol. The number of aryl methyl sites for hydroxylation is 3. The fraction of sp³-hybridized carbons (Fsp3) is 0.235. The van der Waals surface area contributed by atoms with Crippen molar-refractivity contribution in [3.8, 4) is 0 Å². The molecular weight excluding hydrogens is 333 g/mol. The number of rotatable bonds is 3. The van der Waals surface area contributed by atoms with Crippen LogP contribution in [0, 0.1) is 19.7 Å². The summed E-state index contributed by atoms with van der Waals surface area (Å²) >= 11 is 0. The molecule has 0 N–H and O–H groups in total. The minimum atomic E-state index is -3.91. The summed E-state index contributed by atoms with van der Waals surface area (Å²) in [4.78, 5) is 11.1. The highest BCUT2D eigenvalue weighted by Crippen LogP contribution is 2.25. The van der Waals surface area contributed by atoms with Crippen molar-refractivity contribution >= 4 is 20.9 Å². The zero-order chi connectivity index (χ0) is 17.6. The molecule has 0 aliphatic rings. The monoisotopic (exact) mass is 349 g/mol. The second kappa shape index (κ2) is 5.59. The Bertz CT molecular complexity index is 1090. The summed E-state index contributed by atoms with van der Waals surface area (Å²) in [5, 5.41) is 0. The third-order valence-electron chi connectivity index (χ3n) is 3.82. The molecule has 1 heterocycles. The van der Waals surface area contributed by atoms with Crippen molar-refractivity contribution in [2.75, 3.05) is 0 Å². The summed E-state index contributed by atoms with van der Waals surface area (Å²) in [5.74, 6) is -1.92. The van der Waals surface area contributed by atoms with Crippen LogP contribution in [0.15, 0.2) is 44.4 Å². The highest BCUT2D eigenvalue weighted by Gasteiger charge is 2.23. The Morgan fingerprint density at radius 1 is 1.08 bits per heavy atom. The molecule has 24 heavy (non-hydrogen) atoms. The Kier molecular flexibility index (Phi) is 3.83. The Labute approximate surface area is 138 Å². The fourth-order valence-electron chi connectivity index (χ4n) is 2.82. The molecule has 0 spiro atoms. The summed E-state index contributed by atoms with van der Waals surface area (Å²) in [6, 6.07) is 7.53. The first-order valence-corrected chi connectivity index (χ1v) is 8.91. The molecule has 0 radical (unpaired) electrons. The van der Waals surface area contributed by atoms with Crippen LogP contribution in [0.5, 0.6) is 0 Å². The van der Waals surface area contributed by atoms with E-state index in [-0.39, 0.29) is 16.9 Å². The van der Waals surface area contributed by atoms with Crippen molar-refractivity contribution in [1.82, 2.24) is 4.57 Å². The summed E-state index contributed by atoms with van der Waals surface area (Å²) in [5.41, 5.74) is 2.72. The average Bonchev–Trinajstić information content (AvgIpc) is 2.70. The molecule has 3 aromatic rings. The van der Waals surface area contributed by atoms with E-state index in [0.717, 1.165) is 27.8 Å². The first kappa shape index (κ1) is 16.4. The maximum atomic E-state index is 14.3. The maximum Gasteiger partial charge on any atom is 0.419 e. The van der Waals surface area contributed by atoms with Crippen molar-refractivity contribution < 1.29 is 17.2 Å². The van der Waals surface area contributed by atoms with Crippen molar-refractivity contribution in [2.45, 2.75) is 24.5 Å². The van der Waals surface area contributed by atoms with Crippen molar-refractivity contribution in [3.05, 3.63) is 63.4 Å². The SMILES string of the molecule is Cc1cc(C)cc(CS(=O)(=O)c2cc3c(cc2F)oc(=O)n3C)c1. The molecule has 0 bridgehead atoms. The van der Waals surface area contributed by atoms with Gasteiger partial charge in [0.1, 0.15) is 10.7 Å². The number of fused-ring (bicyclic) bond motifs is 1. The second-order valence-electron chi connectivity index (χ2n) is 5.93. The molecule has 3 rings (SSSR count). The molecule has 0 atom stereocenters. The molecule has 0 amide bonds. The molecule has 126 valence electrons. The molecule has 0 saturated carbocycles. The predicted molar refractivity (Wildman–Crippen MR) is 88.2 cm³/mol. The number of benzene rings is 2. The van der Waals surface area contributed by atoms with Gasteiger partial charge in [-0.2, -0.15) is 0 Å². The lowest BCUT2D eigenvalue weighted by Gasteiger charge is -2.08. The molecule has 0 saturated heterocycles. The van der Waals surface area contributed by atoms with E-state index in [0.29, 0.717) is 5.56 Å². The largest absolute Gasteiger partial charge is 0.419 e. The van der Waals surface area contributed by atoms with Gasteiger partial charge in [-0.3, -0.25) is 4.57 Å². The van der Waals surface area contributed by atoms with Gasteiger partial charge in [0.2, 0.25) is 0 Å². The number of aromatic nitrogens is 1. The van der Waals surface area contributed by atoms with Crippen molar-refractivity contribution in [1.29, 1.82) is 0 Å². The van der Waals surface area contributed by atoms with E-state index >= 15 is 0 Å². The maximum absolute atomic E-state index is 14.3. The zero-order valence-corrected chi connectivity index (χ0v) is 14.3. The van der Waals surface area contributed by atoms with E-state index in [2.05, 4.69) is 0 Å². The fourth-order valence-corrected chi connectivity index (χ4v) is 4.23. The topological polar surface area (TPSA) is 69.3 Å². The number of halogens is 1. The van der Waals surface area contributed by atoms with Crippen LogP contribution in [0.2, 0.25) is 0 Å². The minimum absolute atomic E-state index is 0.0188. The summed E-state index contributed by atoms with van der Waals surface area (Å²) < 4.78 is 45.6. The van der Waals surface area contributed by atoms with Crippen LogP contribution in [-0.4, -0.2) is 13.0 Å². The standard InChI is InChI=1S/C17H16FNO4S/c1-10-4-11(2)6-12(5-10)9-24(21,22)16-8-14-15(7-13(16)18)23-17(20)19(14)3/h4-8H,9H2,1-3H3. The van der Waals surface area contributed by atoms with Gasteiger partial charge in [0, 0.05) is 13.1 Å². The Morgan fingerprint density at radius 3 is 2.33 bits per heavy atom. The van der Waals surface area contributed by atoms with Gasteiger partial charge >= 0.3 is 5.76 Å². The Morgan fingerprint density at radius 2 is 1.71 bits per heavy atom. The predicted octanol–water partition coefficient (Wildman–Crippen LogP) is 2.86. The highest BCUT2D eigenvalue weighted by atomic mass is 32.2. The van der Waals surface area contributed by atoms with Crippen LogP contribution in [0.25, 0.3) is 11.1 Å². The van der Waals surface area contributed by atoms with Crippen LogP contribution < -0.4 is 5.76 Å². The van der Waals surface area contributed by atoms with Crippen LogP contribution in [0.3, 0.4) is 0 Å². The molecule has 7 heteroatoms. The number of hydrogen-bond acceptors (Lipinski definition) is 4. The zero-order valence-electron chi connectivity index (χ0n) is 13.5. The summed E-state index contributed by atoms with van der Waals surface area (Å²) in [6.07, 6.45) is 0. The van der Waals surface area contributed by atoms with Crippen LogP contribution in [0.4, 0.5) is 4.39 Å². The van der Waals surface area contributed by atoms with Crippen LogP contribution in [-0.2, 0) is 22.6 Å². The first-order chi connectivity index (χ1) is 11.2. The van der Waals surface area contributed by atoms with Gasteiger partial charge in [-0.05, 0) is 25.5 Å². The molecular formula is C17H16FNO4S. The molecule has 0 unspecified atom stereocenters. The molecule has 2 aromatic carbocycles. The minimum Gasteiger partial charge on any atom is -0.408 e. The third-order valence-corrected chi connectivity index (χ3v) is 5.52. The quantitative estimate of drug-likeness (QED) is 0.729. The Balaban J connectivity index is 2.12. The molecule has 5 nitrogen and oxygen atoms in total. The number of nitrogens with zero attached hydrogens (tertiary/aromatic N) is 1. The molecule has 1 aromatic heterocycles. The van der Waals surface area contributed by atoms with Gasteiger partial charge in [-0.1, -0.05) is 29.3 Å². The summed E-state index contributed by atoms with van der Waals surface area (Å²) in [7, 11) is -2.47. The Hall–Kier alpha value is -2.41. The number of sulfone groups is 1. The van der Waals surface area contributed by atoms with Gasteiger partial charge in [-0.25, -0.2) is 17.6 Å². The van der Waals surface area contributed by atoms with Gasteiger partial charge in [-0.15, -0.1) is 0 Å². The number of oxazole rings is 1. The molecule has 0 aliphatic carbocycles. The van der Waals surface area contributed by atoms with Gasteiger partial charge in [0.05, 0.1) is 11.3 Å². The smallest absolute Gasteiger partial charge is 0.408 e. The van der Waals surface area contributed by atoms with Gasteiger partial charge < -0.3 is 4.42 Å². The van der Waals surface area contributed by atoms with Crippen molar-refractivity contribution in [2.24, 2.45) is 7.05 Å².